The summed E-state index contributed by atoms with van der Waals surface area (Å²) < 4.78 is 17.0. The minimum Gasteiger partial charge on any atom is -0.497 e. The van der Waals surface area contributed by atoms with Gasteiger partial charge in [-0.05, 0) is 67.3 Å². The first-order valence-electron chi connectivity index (χ1n) is 10.0. The van der Waals surface area contributed by atoms with Gasteiger partial charge in [-0.3, -0.25) is 4.79 Å². The van der Waals surface area contributed by atoms with Crippen LogP contribution in [0, 0.1) is 0 Å². The lowest BCUT2D eigenvalue weighted by Crippen LogP contribution is -2.04. The number of carbonyl (C=O) groups is 1. The first-order chi connectivity index (χ1) is 14.1. The Bertz CT molecular complexity index is 805. The molecular weight excluding hydrogens is 364 g/mol. The van der Waals surface area contributed by atoms with Crippen molar-refractivity contribution in [2.75, 3.05) is 20.3 Å². The van der Waals surface area contributed by atoms with Crippen LogP contribution in [0.3, 0.4) is 0 Å². The van der Waals surface area contributed by atoms with E-state index < -0.39 is 0 Å². The maximum absolute atomic E-state index is 12.5. The summed E-state index contributed by atoms with van der Waals surface area (Å²) in [5.74, 6) is 2.20. The fourth-order valence-electron chi connectivity index (χ4n) is 2.79. The summed E-state index contributed by atoms with van der Waals surface area (Å²) in [6, 6.07) is 11.0. The molecule has 0 unspecified atom stereocenters. The molecule has 0 aromatic heterocycles. The molecule has 0 aliphatic heterocycles. The predicted octanol–water partition coefficient (Wildman–Crippen LogP) is 5.90. The van der Waals surface area contributed by atoms with Crippen LogP contribution in [0.4, 0.5) is 0 Å². The Hall–Kier alpha value is -3.01. The van der Waals surface area contributed by atoms with E-state index in [-0.39, 0.29) is 5.78 Å². The van der Waals surface area contributed by atoms with E-state index in [4.69, 9.17) is 14.2 Å². The molecule has 0 radical (unpaired) electrons. The first-order valence-corrected chi connectivity index (χ1v) is 10.0. The average Bonchev–Trinajstić information content (AvgIpc) is 2.76. The SMILES string of the molecule is C=CCc1c(OCCC)cc(C=CC(=O)c2ccc(OC)cc2)cc1OCCC. The van der Waals surface area contributed by atoms with E-state index in [1.165, 1.54) is 0 Å². The zero-order valence-electron chi connectivity index (χ0n) is 17.6. The highest BCUT2D eigenvalue weighted by molar-refractivity contribution is 6.06. The van der Waals surface area contributed by atoms with Gasteiger partial charge >= 0.3 is 0 Å². The van der Waals surface area contributed by atoms with Crippen LogP contribution in [0.25, 0.3) is 6.08 Å². The minimum atomic E-state index is -0.0742. The van der Waals surface area contributed by atoms with Gasteiger partial charge in [0, 0.05) is 11.1 Å². The topological polar surface area (TPSA) is 44.8 Å². The highest BCUT2D eigenvalue weighted by atomic mass is 16.5. The number of methoxy groups -OCH3 is 1. The third-order valence-electron chi connectivity index (χ3n) is 4.26. The number of allylic oxidation sites excluding steroid dienone is 2. The molecule has 0 atom stereocenters. The molecule has 0 saturated heterocycles. The van der Waals surface area contributed by atoms with Crippen molar-refractivity contribution in [1.82, 2.24) is 0 Å². The highest BCUT2D eigenvalue weighted by Gasteiger charge is 2.12. The van der Waals surface area contributed by atoms with E-state index in [0.717, 1.165) is 41.2 Å². The van der Waals surface area contributed by atoms with Gasteiger partial charge in [0.2, 0.25) is 0 Å². The Balaban J connectivity index is 2.32. The lowest BCUT2D eigenvalue weighted by Gasteiger charge is -2.16. The van der Waals surface area contributed by atoms with Gasteiger partial charge in [0.05, 0.1) is 20.3 Å². The van der Waals surface area contributed by atoms with E-state index in [9.17, 15) is 4.79 Å². The van der Waals surface area contributed by atoms with Gasteiger partial charge in [0.15, 0.2) is 5.78 Å². The second-order valence-electron chi connectivity index (χ2n) is 6.61. The van der Waals surface area contributed by atoms with Crippen LogP contribution in [-0.4, -0.2) is 26.1 Å². The molecule has 29 heavy (non-hydrogen) atoms. The van der Waals surface area contributed by atoms with Gasteiger partial charge in [0.1, 0.15) is 17.2 Å². The molecule has 0 N–H and O–H groups in total. The van der Waals surface area contributed by atoms with Gasteiger partial charge < -0.3 is 14.2 Å². The summed E-state index contributed by atoms with van der Waals surface area (Å²) >= 11 is 0. The van der Waals surface area contributed by atoms with E-state index in [0.29, 0.717) is 25.2 Å². The van der Waals surface area contributed by atoms with E-state index in [2.05, 4.69) is 20.4 Å². The number of hydrogen-bond acceptors (Lipinski definition) is 4. The van der Waals surface area contributed by atoms with Gasteiger partial charge in [-0.15, -0.1) is 6.58 Å². The summed E-state index contributed by atoms with van der Waals surface area (Å²) in [6.07, 6.45) is 7.69. The predicted molar refractivity (Wildman–Crippen MR) is 118 cm³/mol. The largest absolute Gasteiger partial charge is 0.497 e. The second-order valence-corrected chi connectivity index (χ2v) is 6.61. The van der Waals surface area contributed by atoms with Crippen molar-refractivity contribution in [2.45, 2.75) is 33.1 Å². The van der Waals surface area contributed by atoms with E-state index in [1.807, 2.05) is 18.2 Å². The van der Waals surface area contributed by atoms with E-state index >= 15 is 0 Å². The van der Waals surface area contributed by atoms with Crippen molar-refractivity contribution in [3.8, 4) is 17.2 Å². The molecule has 0 aliphatic rings. The fourth-order valence-corrected chi connectivity index (χ4v) is 2.79. The van der Waals surface area contributed by atoms with Crippen molar-refractivity contribution in [2.24, 2.45) is 0 Å². The van der Waals surface area contributed by atoms with Crippen molar-refractivity contribution in [1.29, 1.82) is 0 Å². The number of benzene rings is 2. The van der Waals surface area contributed by atoms with Crippen LogP contribution in [0.1, 0.15) is 48.2 Å². The molecule has 0 saturated carbocycles. The molecule has 2 aromatic rings. The van der Waals surface area contributed by atoms with Gasteiger partial charge in [-0.2, -0.15) is 0 Å². The Morgan fingerprint density at radius 1 is 1.00 bits per heavy atom. The molecule has 4 heteroatoms. The first kappa shape index (κ1) is 22.3. The smallest absolute Gasteiger partial charge is 0.185 e. The Labute approximate surface area is 173 Å². The number of carbonyl (C=O) groups excluding carboxylic acids is 1. The molecule has 0 amide bonds. The summed E-state index contributed by atoms with van der Waals surface area (Å²) in [4.78, 5) is 12.5. The molecule has 4 nitrogen and oxygen atoms in total. The summed E-state index contributed by atoms with van der Waals surface area (Å²) in [5, 5.41) is 0. The number of ketones is 1. The molecule has 0 fully saturated rings. The Morgan fingerprint density at radius 3 is 2.07 bits per heavy atom. The number of rotatable bonds is 12. The zero-order valence-corrected chi connectivity index (χ0v) is 17.6. The molecule has 2 aromatic carbocycles. The molecule has 0 aliphatic carbocycles. The van der Waals surface area contributed by atoms with Crippen molar-refractivity contribution in [3.63, 3.8) is 0 Å². The zero-order chi connectivity index (χ0) is 21.1. The summed E-state index contributed by atoms with van der Waals surface area (Å²) in [5.41, 5.74) is 2.45. The molecule has 2 rings (SSSR count). The summed E-state index contributed by atoms with van der Waals surface area (Å²) in [7, 11) is 1.60. The van der Waals surface area contributed by atoms with E-state index in [1.54, 1.807) is 43.5 Å². The Kier molecular flexibility index (Phi) is 9.03. The van der Waals surface area contributed by atoms with Gasteiger partial charge in [-0.1, -0.05) is 26.0 Å². The third-order valence-corrected chi connectivity index (χ3v) is 4.26. The second kappa shape index (κ2) is 11.7. The lowest BCUT2D eigenvalue weighted by molar-refractivity contribution is 0.104. The number of ether oxygens (including phenoxy) is 3. The van der Waals surface area contributed by atoms with Crippen LogP contribution in [0.15, 0.2) is 55.1 Å². The highest BCUT2D eigenvalue weighted by Crippen LogP contribution is 2.32. The minimum absolute atomic E-state index is 0.0742. The van der Waals surface area contributed by atoms with Crippen LogP contribution in [0.5, 0.6) is 17.2 Å². The number of hydrogen-bond donors (Lipinski definition) is 0. The van der Waals surface area contributed by atoms with Crippen LogP contribution < -0.4 is 14.2 Å². The molecule has 154 valence electrons. The molecule has 0 spiro atoms. The quantitative estimate of drug-likeness (QED) is 0.255. The van der Waals surface area contributed by atoms with Crippen LogP contribution in [-0.2, 0) is 6.42 Å². The van der Waals surface area contributed by atoms with Crippen molar-refractivity contribution in [3.05, 3.63) is 71.8 Å². The van der Waals surface area contributed by atoms with Gasteiger partial charge in [-0.25, -0.2) is 0 Å². The Morgan fingerprint density at radius 2 is 1.59 bits per heavy atom. The monoisotopic (exact) mass is 394 g/mol. The molecular formula is C25H30O4. The van der Waals surface area contributed by atoms with Crippen LogP contribution >= 0.6 is 0 Å². The van der Waals surface area contributed by atoms with Crippen molar-refractivity contribution >= 4 is 11.9 Å². The molecule has 0 bridgehead atoms. The lowest BCUT2D eigenvalue weighted by atomic mass is 10.0. The maximum atomic E-state index is 12.5. The normalized spacial score (nSPS) is 10.7. The average molecular weight is 395 g/mol. The maximum Gasteiger partial charge on any atom is 0.185 e. The molecule has 0 heterocycles. The third kappa shape index (κ3) is 6.53. The summed E-state index contributed by atoms with van der Waals surface area (Å²) in [6.45, 7) is 9.23. The fraction of sp³-hybridized carbons (Fsp3) is 0.320. The standard InChI is InChI=1S/C25H30O4/c1-5-8-22-24(28-15-6-2)17-19(18-25(22)29-16-7-3)9-14-23(26)20-10-12-21(27-4)13-11-20/h5,9-14,17-18H,1,6-8,15-16H2,2-4H3. The van der Waals surface area contributed by atoms with Crippen molar-refractivity contribution < 1.29 is 19.0 Å². The van der Waals surface area contributed by atoms with Crippen LogP contribution in [0.2, 0.25) is 0 Å². The van der Waals surface area contributed by atoms with Gasteiger partial charge in [0.25, 0.3) is 0 Å².